The Labute approximate surface area is 197 Å². The average Bonchev–Trinajstić information content (AvgIpc) is 3.60. The van der Waals surface area contributed by atoms with Crippen molar-refractivity contribution in [3.05, 3.63) is 42.4 Å². The molecule has 1 aliphatic heterocycles. The molecule has 178 valence electrons. The van der Waals surface area contributed by atoms with Gasteiger partial charge in [0.15, 0.2) is 17.2 Å². The van der Waals surface area contributed by atoms with Crippen molar-refractivity contribution in [3.8, 4) is 11.8 Å². The van der Waals surface area contributed by atoms with E-state index in [9.17, 15) is 8.78 Å². The summed E-state index contributed by atoms with van der Waals surface area (Å²) in [6.45, 7) is 0.762. The molecule has 5 aromatic rings. The number of nitrogens with zero attached hydrogens (tertiary/aromatic N) is 6. The first-order valence-corrected chi connectivity index (χ1v) is 11.4. The topological polar surface area (TPSA) is 122 Å². The van der Waals surface area contributed by atoms with Gasteiger partial charge in [-0.25, -0.2) is 18.3 Å². The zero-order chi connectivity index (χ0) is 23.8. The van der Waals surface area contributed by atoms with E-state index < -0.39 is 5.82 Å². The Morgan fingerprint density at radius 1 is 1.20 bits per heavy atom. The lowest BCUT2D eigenvalue weighted by atomic mass is 10.0. The number of hydrogen-bond acceptors (Lipinski definition) is 8. The van der Waals surface area contributed by atoms with Crippen LogP contribution in [0.3, 0.4) is 0 Å². The lowest BCUT2D eigenvalue weighted by molar-refractivity contribution is 0.435. The number of benzene rings is 1. The number of nitrogens with one attached hydrogen (secondary N) is 2. The third-order valence-corrected chi connectivity index (χ3v) is 7.12. The standard InChI is InChI=1S/C23H21F2N9O/c1-27-17-4-11(24)3-14-18-20(30-19(14)17)31-23(32-22(18)33-8-10-2-12(33)5-16(10)26)35-13-6-28-21-15(25)7-29-34(21)9-13/h3-4,6-7,9-10,12,16,27H,2,5,8,26H2,1H3,(H,30,31,32). The van der Waals surface area contributed by atoms with Gasteiger partial charge in [0.1, 0.15) is 17.3 Å². The van der Waals surface area contributed by atoms with Crippen molar-refractivity contribution in [2.24, 2.45) is 11.7 Å². The summed E-state index contributed by atoms with van der Waals surface area (Å²) >= 11 is 0. The van der Waals surface area contributed by atoms with E-state index in [2.05, 4.69) is 30.3 Å². The summed E-state index contributed by atoms with van der Waals surface area (Å²) < 4.78 is 35.5. The zero-order valence-corrected chi connectivity index (χ0v) is 18.7. The predicted octanol–water partition coefficient (Wildman–Crippen LogP) is 3.19. The van der Waals surface area contributed by atoms with Gasteiger partial charge in [-0.15, -0.1) is 0 Å². The second-order valence-corrected chi connectivity index (χ2v) is 9.16. The number of aromatic amines is 1. The third kappa shape index (κ3) is 3.02. The van der Waals surface area contributed by atoms with Crippen molar-refractivity contribution in [1.82, 2.24) is 29.5 Å². The summed E-state index contributed by atoms with van der Waals surface area (Å²) in [6.07, 6.45) is 5.85. The first-order chi connectivity index (χ1) is 17.0. The van der Waals surface area contributed by atoms with E-state index in [1.54, 1.807) is 7.05 Å². The van der Waals surface area contributed by atoms with E-state index in [1.807, 2.05) is 0 Å². The summed E-state index contributed by atoms with van der Waals surface area (Å²) in [5, 5.41) is 8.38. The molecule has 0 spiro atoms. The van der Waals surface area contributed by atoms with E-state index in [0.717, 1.165) is 36.5 Å². The van der Waals surface area contributed by atoms with E-state index in [0.29, 0.717) is 34.2 Å². The molecule has 3 atom stereocenters. The first kappa shape index (κ1) is 20.3. The van der Waals surface area contributed by atoms with Gasteiger partial charge in [-0.1, -0.05) is 0 Å². The highest BCUT2D eigenvalue weighted by atomic mass is 19.1. The van der Waals surface area contributed by atoms with Crippen molar-refractivity contribution in [3.63, 3.8) is 0 Å². The minimum absolute atomic E-state index is 0.0892. The Morgan fingerprint density at radius 2 is 2.09 bits per heavy atom. The van der Waals surface area contributed by atoms with Crippen LogP contribution in [0.2, 0.25) is 0 Å². The number of hydrogen-bond donors (Lipinski definition) is 3. The molecule has 1 aliphatic carbocycles. The summed E-state index contributed by atoms with van der Waals surface area (Å²) in [4.78, 5) is 19.0. The molecule has 1 aromatic carbocycles. The highest BCUT2D eigenvalue weighted by Gasteiger charge is 2.44. The van der Waals surface area contributed by atoms with Crippen LogP contribution < -0.4 is 20.7 Å². The van der Waals surface area contributed by atoms with Crippen LogP contribution in [0.1, 0.15) is 12.8 Å². The lowest BCUT2D eigenvalue weighted by Gasteiger charge is -2.31. The first-order valence-electron chi connectivity index (χ1n) is 11.4. The summed E-state index contributed by atoms with van der Waals surface area (Å²) in [7, 11) is 1.74. The highest BCUT2D eigenvalue weighted by Crippen LogP contribution is 2.44. The molecule has 7 rings (SSSR count). The molecule has 0 radical (unpaired) electrons. The van der Waals surface area contributed by atoms with Crippen LogP contribution in [0.4, 0.5) is 20.3 Å². The number of H-pyrrole nitrogens is 1. The number of ether oxygens (including phenoxy) is 1. The summed E-state index contributed by atoms with van der Waals surface area (Å²) in [5.74, 6) is 0.469. The molecule has 2 fully saturated rings. The summed E-state index contributed by atoms with van der Waals surface area (Å²) in [6, 6.07) is 3.43. The third-order valence-electron chi connectivity index (χ3n) is 7.12. The fourth-order valence-electron chi connectivity index (χ4n) is 5.51. The van der Waals surface area contributed by atoms with E-state index in [1.165, 1.54) is 29.0 Å². The van der Waals surface area contributed by atoms with Gasteiger partial charge in [0.25, 0.3) is 0 Å². The number of aromatic nitrogens is 6. The molecule has 5 heterocycles. The molecule has 1 saturated carbocycles. The van der Waals surface area contributed by atoms with Crippen LogP contribution in [-0.2, 0) is 0 Å². The molecule has 4 N–H and O–H groups in total. The van der Waals surface area contributed by atoms with Gasteiger partial charge >= 0.3 is 6.01 Å². The predicted molar refractivity (Wildman–Crippen MR) is 126 cm³/mol. The van der Waals surface area contributed by atoms with E-state index >= 15 is 0 Å². The molecule has 10 nitrogen and oxygen atoms in total. The average molecular weight is 477 g/mol. The Bertz CT molecular complexity index is 1630. The molecule has 12 heteroatoms. The molecule has 1 saturated heterocycles. The molecular weight excluding hydrogens is 456 g/mol. The molecule has 0 amide bonds. The Morgan fingerprint density at radius 3 is 2.86 bits per heavy atom. The van der Waals surface area contributed by atoms with Crippen molar-refractivity contribution in [1.29, 1.82) is 0 Å². The van der Waals surface area contributed by atoms with Gasteiger partial charge in [-0.2, -0.15) is 15.1 Å². The van der Waals surface area contributed by atoms with Gasteiger partial charge in [0.2, 0.25) is 0 Å². The summed E-state index contributed by atoms with van der Waals surface area (Å²) in [5.41, 5.74) is 8.25. The maximum atomic E-state index is 14.5. The molecule has 3 unspecified atom stereocenters. The molecular formula is C23H21F2N9O. The minimum atomic E-state index is -0.524. The van der Waals surface area contributed by atoms with Crippen molar-refractivity contribution >= 4 is 39.1 Å². The molecule has 35 heavy (non-hydrogen) atoms. The Balaban J connectivity index is 1.40. The van der Waals surface area contributed by atoms with Crippen LogP contribution in [0.5, 0.6) is 11.8 Å². The highest BCUT2D eigenvalue weighted by molar-refractivity contribution is 6.14. The van der Waals surface area contributed by atoms with Crippen LogP contribution in [0.15, 0.2) is 30.7 Å². The van der Waals surface area contributed by atoms with Gasteiger partial charge in [-0.3, -0.25) is 0 Å². The Kier molecular flexibility index (Phi) is 4.19. The number of fused-ring (bicyclic) bond motifs is 6. The number of halogens is 2. The normalized spacial score (nSPS) is 21.6. The maximum Gasteiger partial charge on any atom is 0.326 e. The lowest BCUT2D eigenvalue weighted by Crippen LogP contribution is -2.41. The van der Waals surface area contributed by atoms with Gasteiger partial charge in [-0.05, 0) is 30.9 Å². The van der Waals surface area contributed by atoms with Crippen LogP contribution in [0.25, 0.3) is 27.6 Å². The fourth-order valence-corrected chi connectivity index (χ4v) is 5.51. The van der Waals surface area contributed by atoms with Crippen LogP contribution in [0, 0.1) is 17.6 Å². The van der Waals surface area contributed by atoms with E-state index in [-0.39, 0.29) is 29.6 Å². The van der Waals surface area contributed by atoms with Gasteiger partial charge in [0.05, 0.1) is 35.2 Å². The zero-order valence-electron chi connectivity index (χ0n) is 18.7. The molecule has 2 bridgehead atoms. The quantitative estimate of drug-likeness (QED) is 0.361. The van der Waals surface area contributed by atoms with Gasteiger partial charge in [0, 0.05) is 31.1 Å². The number of rotatable bonds is 4. The number of anilines is 2. The smallest absolute Gasteiger partial charge is 0.326 e. The van der Waals surface area contributed by atoms with Gasteiger partial charge < -0.3 is 25.7 Å². The fraction of sp³-hybridized carbons (Fsp3) is 0.304. The SMILES string of the molecule is CNc1cc(F)cc2c1[nH]c1nc(Oc3cnc4c(F)cnn4c3)nc(N3CC4CC3CC4N)c12. The monoisotopic (exact) mass is 477 g/mol. The molecule has 2 aliphatic rings. The van der Waals surface area contributed by atoms with Crippen molar-refractivity contribution < 1.29 is 13.5 Å². The largest absolute Gasteiger partial charge is 0.421 e. The van der Waals surface area contributed by atoms with Crippen molar-refractivity contribution in [2.75, 3.05) is 23.8 Å². The van der Waals surface area contributed by atoms with Crippen LogP contribution >= 0.6 is 0 Å². The second kappa shape index (κ2) is 7.22. The maximum absolute atomic E-state index is 14.5. The minimum Gasteiger partial charge on any atom is -0.421 e. The van der Waals surface area contributed by atoms with Crippen LogP contribution in [-0.4, -0.2) is 55.2 Å². The number of piperidine rings is 1. The van der Waals surface area contributed by atoms with Crippen molar-refractivity contribution in [2.45, 2.75) is 24.9 Å². The molecule has 4 aromatic heterocycles. The Hall–Kier alpha value is -4.06. The van der Waals surface area contributed by atoms with E-state index in [4.69, 9.17) is 15.5 Å². The number of nitrogens with two attached hydrogens (primary N) is 1. The second-order valence-electron chi connectivity index (χ2n) is 9.16.